The number of allylic oxidation sites excluding steroid dienone is 4. The molecule has 0 radical (unpaired) electrons. The van der Waals surface area contributed by atoms with Gasteiger partial charge in [-0.15, -0.1) is 0 Å². The highest BCUT2D eigenvalue weighted by atomic mass is 35.5. The summed E-state index contributed by atoms with van der Waals surface area (Å²) in [6.07, 6.45) is 8.83. The van der Waals surface area contributed by atoms with Crippen molar-refractivity contribution < 1.29 is 4.79 Å². The normalized spacial score (nSPS) is 21.8. The van der Waals surface area contributed by atoms with Crippen LogP contribution in [-0.2, 0) is 11.2 Å². The molecule has 30 heavy (non-hydrogen) atoms. The number of benzene rings is 1. The van der Waals surface area contributed by atoms with E-state index < -0.39 is 0 Å². The molecule has 0 N–H and O–H groups in total. The molecule has 2 aromatic rings. The van der Waals surface area contributed by atoms with E-state index in [0.717, 1.165) is 29.1 Å². The number of pyridine rings is 1. The van der Waals surface area contributed by atoms with E-state index >= 15 is 0 Å². The molecule has 0 saturated carbocycles. The molecule has 1 fully saturated rings. The minimum Gasteiger partial charge on any atom is -0.364 e. The molecule has 4 rings (SSSR count). The zero-order valence-corrected chi connectivity index (χ0v) is 18.5. The molecule has 2 heterocycles. The van der Waals surface area contributed by atoms with Gasteiger partial charge in [-0.1, -0.05) is 42.3 Å². The Bertz CT molecular complexity index is 956. The van der Waals surface area contributed by atoms with Gasteiger partial charge in [-0.2, -0.15) is 0 Å². The van der Waals surface area contributed by atoms with E-state index in [4.69, 9.17) is 23.2 Å². The third-order valence-corrected chi connectivity index (χ3v) is 6.40. The predicted molar refractivity (Wildman–Crippen MR) is 121 cm³/mol. The van der Waals surface area contributed by atoms with Crippen molar-refractivity contribution in [3.8, 4) is 0 Å². The van der Waals surface area contributed by atoms with Crippen molar-refractivity contribution in [2.45, 2.75) is 25.8 Å². The number of aromatic nitrogens is 1. The number of rotatable bonds is 4. The van der Waals surface area contributed by atoms with Gasteiger partial charge in [0, 0.05) is 53.7 Å². The van der Waals surface area contributed by atoms with Gasteiger partial charge in [0.15, 0.2) is 0 Å². The van der Waals surface area contributed by atoms with Crippen LogP contribution < -0.4 is 0 Å². The van der Waals surface area contributed by atoms with Gasteiger partial charge in [-0.3, -0.25) is 9.78 Å². The van der Waals surface area contributed by atoms with Crippen molar-refractivity contribution in [3.63, 3.8) is 0 Å². The fourth-order valence-electron chi connectivity index (χ4n) is 4.26. The Balaban J connectivity index is 1.58. The average Bonchev–Trinajstić information content (AvgIpc) is 2.75. The first kappa shape index (κ1) is 21.0. The summed E-state index contributed by atoms with van der Waals surface area (Å²) in [5, 5.41) is 1.60. The number of hydrogen-bond donors (Lipinski definition) is 0. The highest BCUT2D eigenvalue weighted by molar-refractivity contribution is 6.30. The van der Waals surface area contributed by atoms with E-state index in [-0.39, 0.29) is 11.9 Å². The number of hydrogen-bond acceptors (Lipinski definition) is 3. The zero-order valence-electron chi connectivity index (χ0n) is 17.0. The molecule has 1 aromatic carbocycles. The summed E-state index contributed by atoms with van der Waals surface area (Å²) in [6.45, 7) is 4.35. The second kappa shape index (κ2) is 9.23. The quantitative estimate of drug-likeness (QED) is 0.653. The molecular formula is C24H25Cl2N3O. The lowest BCUT2D eigenvalue weighted by Crippen LogP contribution is -2.51. The molecule has 156 valence electrons. The smallest absolute Gasteiger partial charge is 0.227 e. The summed E-state index contributed by atoms with van der Waals surface area (Å²) < 4.78 is 0. The highest BCUT2D eigenvalue weighted by Gasteiger charge is 2.33. The summed E-state index contributed by atoms with van der Waals surface area (Å²) in [7, 11) is 0. The third-order valence-electron chi connectivity index (χ3n) is 5.87. The van der Waals surface area contributed by atoms with E-state index in [1.807, 2.05) is 35.2 Å². The standard InChI is InChI=1S/C24H25Cl2N3O/c1-17-14-21(26)6-7-22(17)29-13-12-28(24(30)15-18-8-10-27-11-9-18)16-23(29)19-2-4-20(25)5-3-19/h2-11,17,23H,12-16H2,1H3. The number of amides is 1. The van der Waals surface area contributed by atoms with Crippen molar-refractivity contribution in [3.05, 3.63) is 87.8 Å². The SMILES string of the molecule is CC1CC(Cl)=CC=C1N1CCN(C(=O)Cc2ccncc2)CC1c1ccc(Cl)cc1. The molecule has 4 nitrogen and oxygen atoms in total. The number of piperazine rings is 1. The maximum absolute atomic E-state index is 13.0. The van der Waals surface area contributed by atoms with Crippen LogP contribution in [0.4, 0.5) is 0 Å². The topological polar surface area (TPSA) is 36.4 Å². The number of carbonyl (C=O) groups excluding carboxylic acids is 1. The Morgan fingerprint density at radius 2 is 1.80 bits per heavy atom. The summed E-state index contributed by atoms with van der Waals surface area (Å²) >= 11 is 12.4. The summed E-state index contributed by atoms with van der Waals surface area (Å²) in [6, 6.07) is 11.8. The van der Waals surface area contributed by atoms with Crippen LogP contribution in [0.1, 0.15) is 30.5 Å². The summed E-state index contributed by atoms with van der Waals surface area (Å²) in [5.41, 5.74) is 3.43. The Labute approximate surface area is 187 Å². The molecular weight excluding hydrogens is 417 g/mol. The first-order chi connectivity index (χ1) is 14.5. The lowest BCUT2D eigenvalue weighted by molar-refractivity contribution is -0.133. The first-order valence-corrected chi connectivity index (χ1v) is 11.0. The van der Waals surface area contributed by atoms with Gasteiger partial charge in [0.25, 0.3) is 0 Å². The predicted octanol–water partition coefficient (Wildman–Crippen LogP) is 5.21. The van der Waals surface area contributed by atoms with Crippen LogP contribution in [0.3, 0.4) is 0 Å². The molecule has 0 bridgehead atoms. The largest absolute Gasteiger partial charge is 0.364 e. The molecule has 2 aliphatic rings. The fourth-order valence-corrected chi connectivity index (χ4v) is 4.68. The zero-order chi connectivity index (χ0) is 21.1. The molecule has 6 heteroatoms. The highest BCUT2D eigenvalue weighted by Crippen LogP contribution is 2.36. The van der Waals surface area contributed by atoms with Crippen molar-refractivity contribution in [2.75, 3.05) is 19.6 Å². The lowest BCUT2D eigenvalue weighted by atomic mass is 9.93. The fraction of sp³-hybridized carbons (Fsp3) is 0.333. The van der Waals surface area contributed by atoms with E-state index in [9.17, 15) is 4.79 Å². The second-order valence-electron chi connectivity index (χ2n) is 7.94. The number of nitrogens with zero attached hydrogens (tertiary/aromatic N) is 3. The van der Waals surface area contributed by atoms with Gasteiger partial charge in [0.2, 0.25) is 5.91 Å². The minimum atomic E-state index is 0.0800. The van der Waals surface area contributed by atoms with Crippen LogP contribution in [0, 0.1) is 5.92 Å². The molecule has 2 unspecified atom stereocenters. The van der Waals surface area contributed by atoms with Crippen molar-refractivity contribution in [1.82, 2.24) is 14.8 Å². The molecule has 1 saturated heterocycles. The molecule has 0 spiro atoms. The average molecular weight is 442 g/mol. The molecule has 2 atom stereocenters. The van der Waals surface area contributed by atoms with Crippen molar-refractivity contribution >= 4 is 29.1 Å². The molecule has 1 aromatic heterocycles. The van der Waals surface area contributed by atoms with Crippen molar-refractivity contribution in [1.29, 1.82) is 0 Å². The van der Waals surface area contributed by atoms with Crippen LogP contribution in [0.2, 0.25) is 5.02 Å². The Kier molecular flexibility index (Phi) is 6.45. The van der Waals surface area contributed by atoms with Crippen LogP contribution in [0.15, 0.2) is 71.7 Å². The Morgan fingerprint density at radius 1 is 1.07 bits per heavy atom. The number of halogens is 2. The molecule has 1 aliphatic carbocycles. The Hall–Kier alpha value is -2.30. The van der Waals surface area contributed by atoms with Crippen LogP contribution >= 0.6 is 23.2 Å². The summed E-state index contributed by atoms with van der Waals surface area (Å²) in [5.74, 6) is 0.491. The Morgan fingerprint density at radius 3 is 2.50 bits per heavy atom. The summed E-state index contributed by atoms with van der Waals surface area (Å²) in [4.78, 5) is 21.5. The van der Waals surface area contributed by atoms with Gasteiger partial charge in [-0.05, 0) is 54.0 Å². The second-order valence-corrected chi connectivity index (χ2v) is 8.86. The number of carbonyl (C=O) groups is 1. The van der Waals surface area contributed by atoms with E-state index in [2.05, 4.69) is 35.0 Å². The van der Waals surface area contributed by atoms with Gasteiger partial charge in [0.1, 0.15) is 0 Å². The van der Waals surface area contributed by atoms with Gasteiger partial charge in [-0.25, -0.2) is 0 Å². The van der Waals surface area contributed by atoms with Crippen LogP contribution in [-0.4, -0.2) is 40.3 Å². The van der Waals surface area contributed by atoms with Gasteiger partial charge >= 0.3 is 0 Å². The van der Waals surface area contributed by atoms with E-state index in [0.29, 0.717) is 30.5 Å². The molecule has 1 aliphatic heterocycles. The molecule has 1 amide bonds. The maximum Gasteiger partial charge on any atom is 0.227 e. The minimum absolute atomic E-state index is 0.0800. The van der Waals surface area contributed by atoms with E-state index in [1.165, 1.54) is 5.70 Å². The lowest BCUT2D eigenvalue weighted by Gasteiger charge is -2.46. The van der Waals surface area contributed by atoms with E-state index in [1.54, 1.807) is 12.4 Å². The van der Waals surface area contributed by atoms with Gasteiger partial charge < -0.3 is 9.80 Å². The van der Waals surface area contributed by atoms with Crippen molar-refractivity contribution in [2.24, 2.45) is 5.92 Å². The van der Waals surface area contributed by atoms with Crippen LogP contribution in [0.5, 0.6) is 0 Å². The monoisotopic (exact) mass is 441 g/mol. The maximum atomic E-state index is 13.0. The third kappa shape index (κ3) is 4.71. The van der Waals surface area contributed by atoms with Gasteiger partial charge in [0.05, 0.1) is 12.5 Å². The first-order valence-electron chi connectivity index (χ1n) is 10.3. The van der Waals surface area contributed by atoms with Crippen LogP contribution in [0.25, 0.3) is 0 Å².